The third kappa shape index (κ3) is 7.94. The Morgan fingerprint density at radius 1 is 1.15 bits per heavy atom. The zero-order chi connectivity index (χ0) is 39.2. The molecule has 6 rings (SSSR count). The van der Waals surface area contributed by atoms with Crippen LogP contribution >= 0.6 is 0 Å². The first-order valence-electron chi connectivity index (χ1n) is 18.7. The van der Waals surface area contributed by atoms with Gasteiger partial charge < -0.3 is 35.0 Å². The van der Waals surface area contributed by atoms with Crippen LogP contribution < -0.4 is 24.8 Å². The lowest BCUT2D eigenvalue weighted by molar-refractivity contribution is -0.141. The average molecular weight is 769 g/mol. The van der Waals surface area contributed by atoms with Gasteiger partial charge in [-0.15, -0.1) is 0 Å². The van der Waals surface area contributed by atoms with Crippen molar-refractivity contribution in [3.05, 3.63) is 35.9 Å². The minimum atomic E-state index is -4.00. The second kappa shape index (κ2) is 14.9. The Kier molecular flexibility index (Phi) is 10.8. The number of rotatable bonds is 8. The van der Waals surface area contributed by atoms with Crippen LogP contribution in [-0.4, -0.2) is 107 Å². The Labute approximate surface area is 316 Å². The number of carbonyl (C=O) groups is 4. The number of urea groups is 1. The van der Waals surface area contributed by atoms with Gasteiger partial charge in [-0.25, -0.2) is 18.2 Å². The van der Waals surface area contributed by atoms with E-state index in [4.69, 9.17) is 9.47 Å². The largest absolute Gasteiger partial charge is 0.508 e. The number of aryl methyl sites for hydroxylation is 1. The smallest absolute Gasteiger partial charge is 0.317 e. The number of sulfonamides is 1. The van der Waals surface area contributed by atoms with Crippen molar-refractivity contribution in [1.29, 1.82) is 0 Å². The van der Waals surface area contributed by atoms with E-state index in [1.807, 2.05) is 26.0 Å². The molecule has 54 heavy (non-hydrogen) atoms. The standard InChI is InChI=1S/C38H52N6O9S/c1-22(2)52-31-19-30(26-14-15-29(45)23(3)32(26)40-31)53-25-18-28-33(46)41-38(35(48)42-54(50,51)37(4)16-17-37)20-24(38)12-10-8-7-9-11-13-27(34(47)44(28)21-25)39-36(49)43(5)6/h10,12,14-15,19,22,24-25,27-28,45H,7-9,11,13,16-18,20-21H2,1-6H3,(H,39,49)(H,41,46)(H,42,48)/t24-,25-,27+,28+,38-/m1/s1. The number of benzene rings is 1. The summed E-state index contributed by atoms with van der Waals surface area (Å²) in [5, 5.41) is 16.8. The molecule has 4 aliphatic rings. The number of hydrogen-bond acceptors (Lipinski definition) is 10. The Balaban J connectivity index is 1.35. The number of amides is 5. The van der Waals surface area contributed by atoms with Crippen LogP contribution in [0.1, 0.15) is 84.1 Å². The van der Waals surface area contributed by atoms with E-state index in [-0.39, 0.29) is 37.1 Å². The van der Waals surface area contributed by atoms with Crippen molar-refractivity contribution in [2.45, 2.75) is 120 Å². The molecule has 2 saturated carbocycles. The monoisotopic (exact) mass is 768 g/mol. The van der Waals surface area contributed by atoms with Gasteiger partial charge in [-0.3, -0.25) is 19.1 Å². The fourth-order valence-electron chi connectivity index (χ4n) is 7.17. The highest BCUT2D eigenvalue weighted by Crippen LogP contribution is 2.47. The molecule has 1 aromatic heterocycles. The fourth-order valence-corrected chi connectivity index (χ4v) is 8.48. The number of ether oxygens (including phenoxy) is 2. The van der Waals surface area contributed by atoms with Gasteiger partial charge >= 0.3 is 6.03 Å². The first-order valence-corrected chi connectivity index (χ1v) is 20.2. The minimum Gasteiger partial charge on any atom is -0.508 e. The normalized spacial score (nSPS) is 26.8. The van der Waals surface area contributed by atoms with Gasteiger partial charge in [-0.1, -0.05) is 25.0 Å². The molecule has 3 fully saturated rings. The van der Waals surface area contributed by atoms with Crippen molar-refractivity contribution >= 4 is 44.7 Å². The van der Waals surface area contributed by atoms with Crippen molar-refractivity contribution in [2.24, 2.45) is 5.92 Å². The molecule has 3 heterocycles. The number of phenolic OH excluding ortho intramolecular Hbond substituents is 1. The van der Waals surface area contributed by atoms with E-state index in [9.17, 15) is 32.7 Å². The number of aromatic nitrogens is 1. The molecule has 1 saturated heterocycles. The highest BCUT2D eigenvalue weighted by Gasteiger charge is 2.63. The summed E-state index contributed by atoms with van der Waals surface area (Å²) < 4.78 is 40.0. The van der Waals surface area contributed by atoms with Gasteiger partial charge in [0.25, 0.3) is 5.91 Å². The molecule has 5 atom stereocenters. The van der Waals surface area contributed by atoms with Crippen LogP contribution in [0.15, 0.2) is 30.4 Å². The topological polar surface area (TPSA) is 197 Å². The summed E-state index contributed by atoms with van der Waals surface area (Å²) in [5.74, 6) is -1.66. The van der Waals surface area contributed by atoms with Crippen LogP contribution in [0.2, 0.25) is 0 Å². The summed E-state index contributed by atoms with van der Waals surface area (Å²) in [4.78, 5) is 63.0. The SMILES string of the molecule is Cc1c(O)ccc2c(O[C@@H]3C[C@H]4C(=O)N[C@]5(C(=O)NS(=O)(=O)C6(C)CC6)C[C@H]5C=CCCCCC[C@H](NC(=O)N(C)C)C(=O)N4C3)cc(OC(C)C)nc12. The molecule has 15 nitrogen and oxygen atoms in total. The zero-order valence-electron chi connectivity index (χ0n) is 31.8. The maximum absolute atomic E-state index is 14.5. The third-order valence-electron chi connectivity index (χ3n) is 11.0. The maximum atomic E-state index is 14.5. The number of nitrogens with zero attached hydrogens (tertiary/aromatic N) is 3. The Hall–Kier alpha value is -4.60. The zero-order valence-corrected chi connectivity index (χ0v) is 32.6. The lowest BCUT2D eigenvalue weighted by Crippen LogP contribution is -2.59. The second-order valence-electron chi connectivity index (χ2n) is 15.8. The molecule has 0 spiro atoms. The summed E-state index contributed by atoms with van der Waals surface area (Å²) in [6, 6.07) is 2.34. The quantitative estimate of drug-likeness (QED) is 0.289. The van der Waals surface area contributed by atoms with Crippen molar-refractivity contribution in [2.75, 3.05) is 20.6 Å². The molecular weight excluding hydrogens is 717 g/mol. The van der Waals surface area contributed by atoms with E-state index in [2.05, 4.69) is 20.3 Å². The van der Waals surface area contributed by atoms with Gasteiger partial charge in [0.2, 0.25) is 27.7 Å². The number of allylic oxidation sites excluding steroid dienone is 1. The van der Waals surface area contributed by atoms with Crippen molar-refractivity contribution < 1.29 is 42.2 Å². The van der Waals surface area contributed by atoms with Gasteiger partial charge in [-0.2, -0.15) is 0 Å². The van der Waals surface area contributed by atoms with Crippen LogP contribution in [0.5, 0.6) is 17.4 Å². The van der Waals surface area contributed by atoms with Crippen LogP contribution in [0.4, 0.5) is 4.79 Å². The first-order chi connectivity index (χ1) is 25.4. The van der Waals surface area contributed by atoms with Crippen LogP contribution in [0, 0.1) is 12.8 Å². The third-order valence-corrected chi connectivity index (χ3v) is 13.1. The van der Waals surface area contributed by atoms with E-state index in [0.29, 0.717) is 54.3 Å². The highest BCUT2D eigenvalue weighted by atomic mass is 32.2. The molecule has 5 amide bonds. The van der Waals surface area contributed by atoms with Crippen LogP contribution in [0.25, 0.3) is 10.9 Å². The second-order valence-corrected chi connectivity index (χ2v) is 18.0. The number of pyridine rings is 1. The molecular formula is C38H52N6O9S. The number of nitrogens with one attached hydrogen (secondary N) is 3. The maximum Gasteiger partial charge on any atom is 0.317 e. The van der Waals surface area contributed by atoms with Crippen molar-refractivity contribution in [1.82, 2.24) is 30.1 Å². The number of carbonyl (C=O) groups excluding carboxylic acids is 4. The van der Waals surface area contributed by atoms with E-state index in [1.54, 1.807) is 40.1 Å². The van der Waals surface area contributed by atoms with Crippen LogP contribution in [-0.2, 0) is 24.4 Å². The molecule has 4 N–H and O–H groups in total. The van der Waals surface area contributed by atoms with Gasteiger partial charge in [0.05, 0.1) is 22.9 Å². The Morgan fingerprint density at radius 3 is 2.57 bits per heavy atom. The van der Waals surface area contributed by atoms with Crippen molar-refractivity contribution in [3.63, 3.8) is 0 Å². The van der Waals surface area contributed by atoms with E-state index in [0.717, 1.165) is 12.8 Å². The molecule has 16 heteroatoms. The highest BCUT2D eigenvalue weighted by molar-refractivity contribution is 7.91. The van der Waals surface area contributed by atoms with Gasteiger partial charge in [-0.05, 0) is 78.4 Å². The van der Waals surface area contributed by atoms with E-state index in [1.165, 1.54) is 15.9 Å². The molecule has 2 aliphatic carbocycles. The molecule has 0 radical (unpaired) electrons. The summed E-state index contributed by atoms with van der Waals surface area (Å²) in [6.45, 7) is 7.00. The van der Waals surface area contributed by atoms with E-state index < -0.39 is 68.2 Å². The number of aromatic hydroxyl groups is 1. The van der Waals surface area contributed by atoms with Crippen LogP contribution in [0.3, 0.4) is 0 Å². The van der Waals surface area contributed by atoms with E-state index >= 15 is 0 Å². The molecule has 2 aromatic rings. The predicted molar refractivity (Wildman–Crippen MR) is 200 cm³/mol. The number of phenols is 1. The molecule has 1 aromatic carbocycles. The average Bonchev–Trinajstić information content (AvgIpc) is 3.98. The molecule has 294 valence electrons. The summed E-state index contributed by atoms with van der Waals surface area (Å²) in [5.41, 5.74) is -0.539. The first kappa shape index (κ1) is 39.1. The van der Waals surface area contributed by atoms with Gasteiger partial charge in [0, 0.05) is 43.5 Å². The summed E-state index contributed by atoms with van der Waals surface area (Å²) >= 11 is 0. The summed E-state index contributed by atoms with van der Waals surface area (Å²) in [6.07, 6.45) is 7.22. The predicted octanol–water partition coefficient (Wildman–Crippen LogP) is 3.42. The molecule has 2 aliphatic heterocycles. The molecule has 0 bridgehead atoms. The van der Waals surface area contributed by atoms with Crippen molar-refractivity contribution in [3.8, 4) is 17.4 Å². The lowest BCUT2D eigenvalue weighted by atomic mass is 10.0. The fraction of sp³-hybridized carbons (Fsp3) is 0.605. The summed E-state index contributed by atoms with van der Waals surface area (Å²) in [7, 11) is -0.843. The molecule has 0 unspecified atom stereocenters. The van der Waals surface area contributed by atoms with Gasteiger partial charge in [0.1, 0.15) is 35.2 Å². The number of fused-ring (bicyclic) bond motifs is 3. The Bertz CT molecular complexity index is 1960. The lowest BCUT2D eigenvalue weighted by Gasteiger charge is -2.30. The minimum absolute atomic E-state index is 0.0260. The Morgan fingerprint density at radius 2 is 1.89 bits per heavy atom. The van der Waals surface area contributed by atoms with Gasteiger partial charge in [0.15, 0.2) is 0 Å². The number of hydrogen-bond donors (Lipinski definition) is 4.